The van der Waals surface area contributed by atoms with Gasteiger partial charge in [0, 0.05) is 13.1 Å². The molecule has 3 nitrogen and oxygen atoms in total. The fraction of sp³-hybridized carbons (Fsp3) is 0.350. The lowest BCUT2D eigenvalue weighted by molar-refractivity contribution is -0.0234. The zero-order chi connectivity index (χ0) is 16.4. The van der Waals surface area contributed by atoms with E-state index < -0.39 is 0 Å². The molecule has 3 aromatic rings. The van der Waals surface area contributed by atoms with Crippen LogP contribution in [-0.4, -0.2) is 36.1 Å². The molecule has 0 bridgehead atoms. The molecule has 0 spiro atoms. The Morgan fingerprint density at radius 3 is 2.79 bits per heavy atom. The van der Waals surface area contributed by atoms with E-state index in [1.54, 1.807) is 11.3 Å². The summed E-state index contributed by atoms with van der Waals surface area (Å²) >= 11 is 1.73. The largest absolute Gasteiger partial charge is 0.363 e. The maximum Gasteiger partial charge on any atom is 0.134 e. The van der Waals surface area contributed by atoms with Gasteiger partial charge in [0.2, 0.25) is 0 Å². The molecule has 0 saturated carbocycles. The van der Waals surface area contributed by atoms with Crippen molar-refractivity contribution in [3.05, 3.63) is 65.2 Å². The van der Waals surface area contributed by atoms with E-state index in [-0.39, 0.29) is 6.10 Å². The number of piperidine rings is 1. The molecular weight excluding hydrogens is 316 g/mol. The standard InChI is InChI=1S/C20H21N2OS/c1-22-13-11-16(12-14-22)23-19(15-7-3-2-4-8-15)20-21-17-9-5-6-10-18(17)24-20/h2-3,5-10,16,19H,11-14H2,1H3. The van der Waals surface area contributed by atoms with Crippen molar-refractivity contribution in [2.45, 2.75) is 25.0 Å². The highest BCUT2D eigenvalue weighted by Gasteiger charge is 2.25. The lowest BCUT2D eigenvalue weighted by atomic mass is 10.1. The van der Waals surface area contributed by atoms with E-state index in [0.29, 0.717) is 6.10 Å². The number of hydrogen-bond donors (Lipinski definition) is 0. The fourth-order valence-electron chi connectivity index (χ4n) is 3.17. The van der Waals surface area contributed by atoms with Crippen LogP contribution in [0.4, 0.5) is 0 Å². The smallest absolute Gasteiger partial charge is 0.134 e. The summed E-state index contributed by atoms with van der Waals surface area (Å²) in [7, 11) is 2.17. The van der Waals surface area contributed by atoms with Gasteiger partial charge in [-0.1, -0.05) is 30.3 Å². The maximum absolute atomic E-state index is 6.54. The van der Waals surface area contributed by atoms with Gasteiger partial charge in [-0.15, -0.1) is 11.3 Å². The molecule has 1 saturated heterocycles. The van der Waals surface area contributed by atoms with Crippen LogP contribution in [0, 0.1) is 6.07 Å². The van der Waals surface area contributed by atoms with E-state index in [2.05, 4.69) is 42.3 Å². The number of ether oxygens (including phenoxy) is 1. The average molecular weight is 337 g/mol. The van der Waals surface area contributed by atoms with Crippen LogP contribution < -0.4 is 0 Å². The van der Waals surface area contributed by atoms with Gasteiger partial charge in [0.25, 0.3) is 0 Å². The van der Waals surface area contributed by atoms with Gasteiger partial charge >= 0.3 is 0 Å². The van der Waals surface area contributed by atoms with E-state index in [1.165, 1.54) is 4.70 Å². The third kappa shape index (κ3) is 3.36. The van der Waals surface area contributed by atoms with Crippen LogP contribution in [0.25, 0.3) is 10.2 Å². The van der Waals surface area contributed by atoms with Crippen molar-refractivity contribution >= 4 is 21.6 Å². The molecular formula is C20H21N2OS. The third-order valence-electron chi connectivity index (χ3n) is 4.56. The van der Waals surface area contributed by atoms with Gasteiger partial charge in [-0.25, -0.2) is 4.98 Å². The predicted molar refractivity (Wildman–Crippen MR) is 98.3 cm³/mol. The molecule has 4 rings (SSSR count). The second kappa shape index (κ2) is 7.01. The normalized spacial score (nSPS) is 18.0. The van der Waals surface area contributed by atoms with Crippen LogP contribution in [0.5, 0.6) is 0 Å². The number of aromatic nitrogens is 1. The number of para-hydroxylation sites is 1. The molecule has 1 fully saturated rings. The Morgan fingerprint density at radius 2 is 2.04 bits per heavy atom. The number of nitrogens with zero attached hydrogens (tertiary/aromatic N) is 2. The van der Waals surface area contributed by atoms with Crippen molar-refractivity contribution in [2.75, 3.05) is 20.1 Å². The molecule has 1 aromatic heterocycles. The molecule has 0 aliphatic carbocycles. The lowest BCUT2D eigenvalue weighted by Gasteiger charge is -2.31. The summed E-state index contributed by atoms with van der Waals surface area (Å²) in [4.78, 5) is 7.20. The molecule has 123 valence electrons. The first kappa shape index (κ1) is 15.8. The molecule has 4 heteroatoms. The molecule has 0 amide bonds. The van der Waals surface area contributed by atoms with Crippen molar-refractivity contribution < 1.29 is 4.74 Å². The van der Waals surface area contributed by atoms with Crippen LogP contribution >= 0.6 is 11.3 Å². The minimum Gasteiger partial charge on any atom is -0.363 e. The molecule has 1 aliphatic heterocycles. The minimum atomic E-state index is -0.103. The summed E-state index contributed by atoms with van der Waals surface area (Å²) in [5.74, 6) is 0. The van der Waals surface area contributed by atoms with Gasteiger partial charge < -0.3 is 9.64 Å². The van der Waals surface area contributed by atoms with E-state index in [1.807, 2.05) is 24.3 Å². The van der Waals surface area contributed by atoms with Gasteiger partial charge in [-0.3, -0.25) is 0 Å². The van der Waals surface area contributed by atoms with E-state index in [0.717, 1.165) is 42.0 Å². The van der Waals surface area contributed by atoms with Crippen LogP contribution in [0.3, 0.4) is 0 Å². The highest BCUT2D eigenvalue weighted by Crippen LogP contribution is 2.34. The maximum atomic E-state index is 6.54. The van der Waals surface area contributed by atoms with Gasteiger partial charge in [0.1, 0.15) is 11.1 Å². The van der Waals surface area contributed by atoms with Crippen molar-refractivity contribution in [2.24, 2.45) is 0 Å². The van der Waals surface area contributed by atoms with Crippen molar-refractivity contribution in [3.8, 4) is 0 Å². The second-order valence-corrected chi connectivity index (χ2v) is 7.44. The SMILES string of the molecule is CN1CCC(OC(c2c[c]ccc2)c2nc3ccccc3s2)CC1. The van der Waals surface area contributed by atoms with Gasteiger partial charge in [-0.05, 0) is 49.7 Å². The summed E-state index contributed by atoms with van der Waals surface area (Å²) in [6.45, 7) is 2.19. The summed E-state index contributed by atoms with van der Waals surface area (Å²) in [5, 5.41) is 1.04. The summed E-state index contributed by atoms with van der Waals surface area (Å²) in [5.41, 5.74) is 2.19. The average Bonchev–Trinajstić information content (AvgIpc) is 3.06. The number of likely N-dealkylation sites (tertiary alicyclic amines) is 1. The van der Waals surface area contributed by atoms with Crippen molar-refractivity contribution in [3.63, 3.8) is 0 Å². The number of thiazole rings is 1. The summed E-state index contributed by atoms with van der Waals surface area (Å²) in [6.07, 6.45) is 2.34. The Labute approximate surface area is 146 Å². The molecule has 1 atom stereocenters. The molecule has 1 radical (unpaired) electrons. The van der Waals surface area contributed by atoms with E-state index in [4.69, 9.17) is 9.72 Å². The summed E-state index contributed by atoms with van der Waals surface area (Å²) < 4.78 is 7.76. The lowest BCUT2D eigenvalue weighted by Crippen LogP contribution is -2.35. The van der Waals surface area contributed by atoms with Crippen molar-refractivity contribution in [1.29, 1.82) is 0 Å². The van der Waals surface area contributed by atoms with Gasteiger partial charge in [0.15, 0.2) is 0 Å². The van der Waals surface area contributed by atoms with Crippen LogP contribution in [0.1, 0.15) is 29.5 Å². The number of benzene rings is 2. The van der Waals surface area contributed by atoms with Crippen molar-refractivity contribution in [1.82, 2.24) is 9.88 Å². The van der Waals surface area contributed by atoms with Gasteiger partial charge in [0.05, 0.1) is 16.3 Å². The fourth-order valence-corrected chi connectivity index (χ4v) is 4.20. The Bertz CT molecular complexity index is 761. The molecule has 0 N–H and O–H groups in total. The Morgan fingerprint density at radius 1 is 1.21 bits per heavy atom. The number of hydrogen-bond acceptors (Lipinski definition) is 4. The number of fused-ring (bicyclic) bond motifs is 1. The first-order valence-corrected chi connectivity index (χ1v) is 9.27. The summed E-state index contributed by atoms with van der Waals surface area (Å²) in [6, 6.07) is 19.6. The quantitative estimate of drug-likeness (QED) is 0.710. The topological polar surface area (TPSA) is 25.4 Å². The first-order valence-electron chi connectivity index (χ1n) is 8.45. The zero-order valence-corrected chi connectivity index (χ0v) is 14.6. The highest BCUT2D eigenvalue weighted by atomic mass is 32.1. The predicted octanol–water partition coefficient (Wildman–Crippen LogP) is 4.30. The second-order valence-electron chi connectivity index (χ2n) is 6.38. The molecule has 1 aliphatic rings. The Kier molecular flexibility index (Phi) is 4.60. The Balaban J connectivity index is 1.65. The van der Waals surface area contributed by atoms with Gasteiger partial charge in [-0.2, -0.15) is 0 Å². The van der Waals surface area contributed by atoms with Crippen LogP contribution in [0.2, 0.25) is 0 Å². The van der Waals surface area contributed by atoms with E-state index in [9.17, 15) is 0 Å². The highest BCUT2D eigenvalue weighted by molar-refractivity contribution is 7.18. The molecule has 24 heavy (non-hydrogen) atoms. The Hall–Kier alpha value is -1.75. The minimum absolute atomic E-state index is 0.103. The molecule has 2 heterocycles. The monoisotopic (exact) mass is 337 g/mol. The van der Waals surface area contributed by atoms with E-state index >= 15 is 0 Å². The first-order chi connectivity index (χ1) is 11.8. The van der Waals surface area contributed by atoms with Crippen LogP contribution in [-0.2, 0) is 4.74 Å². The molecule has 1 unspecified atom stereocenters. The third-order valence-corrected chi connectivity index (χ3v) is 5.64. The number of rotatable bonds is 4. The molecule has 2 aromatic carbocycles. The van der Waals surface area contributed by atoms with Crippen LogP contribution in [0.15, 0.2) is 48.5 Å². The zero-order valence-electron chi connectivity index (χ0n) is 13.8.